The molecule has 3 heterocycles. The number of ether oxygens (including phenoxy) is 4. The summed E-state index contributed by atoms with van der Waals surface area (Å²) in [7, 11) is 1.50. The van der Waals surface area contributed by atoms with E-state index in [1.54, 1.807) is 0 Å². The number of aromatic amines is 1. The average molecular weight is 425 g/mol. The number of nitrogens with zero attached hydrogens (tertiary/aromatic N) is 1. The predicted octanol–water partition coefficient (Wildman–Crippen LogP) is -0.404. The van der Waals surface area contributed by atoms with Crippen molar-refractivity contribution in [1.82, 2.24) is 9.55 Å². The number of methoxy groups -OCH3 is 1. The summed E-state index contributed by atoms with van der Waals surface area (Å²) in [5.74, 6) is 0. The molecule has 0 spiro atoms. The number of nitrogens with one attached hydrogen (secondary N) is 1. The zero-order valence-corrected chi connectivity index (χ0v) is 15.7. The monoisotopic (exact) mass is 426 g/mol. The molecule has 2 aromatic rings. The van der Waals surface area contributed by atoms with E-state index >= 15 is 0 Å². The van der Waals surface area contributed by atoms with Crippen molar-refractivity contribution in [2.75, 3.05) is 7.11 Å². The van der Waals surface area contributed by atoms with Gasteiger partial charge in [0.15, 0.2) is 0 Å². The first-order chi connectivity index (χ1) is 12.7. The number of rotatable bonds is 5. The van der Waals surface area contributed by atoms with Crippen LogP contribution in [0, 0.1) is 0 Å². The summed E-state index contributed by atoms with van der Waals surface area (Å²) in [6.07, 6.45) is -0.323. The van der Waals surface area contributed by atoms with Crippen LogP contribution in [0.1, 0.15) is 6.23 Å². The summed E-state index contributed by atoms with van der Waals surface area (Å²) < 4.78 is 25.4. The molecule has 0 aliphatic carbocycles. The maximum atomic E-state index is 12.2. The Balaban J connectivity index is 1.56. The van der Waals surface area contributed by atoms with Crippen LogP contribution >= 0.6 is 0 Å². The van der Waals surface area contributed by atoms with Gasteiger partial charge in [0, 0.05) is 0 Å². The Morgan fingerprint density at radius 3 is 2.62 bits per heavy atom. The van der Waals surface area contributed by atoms with Crippen LogP contribution < -0.4 is 15.7 Å². The Bertz CT molecular complexity index is 869. The van der Waals surface area contributed by atoms with Gasteiger partial charge in [-0.15, -0.1) is 0 Å². The third-order valence-electron chi connectivity index (χ3n) is 4.30. The summed E-state index contributed by atoms with van der Waals surface area (Å²) in [6.45, 7) is -0.790. The van der Waals surface area contributed by atoms with Crippen LogP contribution in [-0.2, 0) is 18.9 Å². The number of H-pyrrole nitrogens is 1. The molecule has 26 heavy (non-hydrogen) atoms. The first-order valence-electron chi connectivity index (χ1n) is 8.14. The molecule has 4 rings (SSSR count). The molecule has 1 aromatic carbocycles. The van der Waals surface area contributed by atoms with Gasteiger partial charge in [0.2, 0.25) is 0 Å². The molecular weight excluding hydrogens is 407 g/mol. The van der Waals surface area contributed by atoms with E-state index in [9.17, 15) is 9.59 Å². The third-order valence-corrected chi connectivity index (χ3v) is 6.61. The van der Waals surface area contributed by atoms with Crippen LogP contribution in [0.2, 0.25) is 5.32 Å². The SMILES string of the molecule is COC1O[C@@H]2[C@H](O1)[C@@H](C[Se]c1ccccc1)O[C@H]2n1ccc(=O)[nH]c1=O. The maximum absolute atomic E-state index is 12.2. The summed E-state index contributed by atoms with van der Waals surface area (Å²) in [6, 6.07) is 11.4. The molecular formula is C17H18N2O6Se. The van der Waals surface area contributed by atoms with E-state index in [0.717, 1.165) is 5.32 Å². The molecule has 2 aliphatic heterocycles. The van der Waals surface area contributed by atoms with Crippen molar-refractivity contribution < 1.29 is 18.9 Å². The van der Waals surface area contributed by atoms with Crippen LogP contribution in [0.15, 0.2) is 52.2 Å². The van der Waals surface area contributed by atoms with Crippen molar-refractivity contribution in [3.8, 4) is 0 Å². The molecule has 2 fully saturated rings. The standard InChI is InChI=1S/C17H18N2O6Se/c1-22-17-24-13-11(9-26-10-5-3-2-4-6-10)23-15(14(13)25-17)19-8-7-12(20)18-16(19)21/h2-8,11,13-15,17H,9H2,1H3,(H,18,20,21)/t11-,13-,14-,15-,17?/m1/s1. The van der Waals surface area contributed by atoms with Crippen molar-refractivity contribution >= 4 is 19.4 Å². The van der Waals surface area contributed by atoms with Crippen LogP contribution in [0.5, 0.6) is 0 Å². The second-order valence-corrected chi connectivity index (χ2v) is 8.23. The quantitative estimate of drug-likeness (QED) is 0.656. The zero-order chi connectivity index (χ0) is 18.1. The first-order valence-corrected chi connectivity index (χ1v) is 10.2. The molecule has 9 heteroatoms. The fraction of sp³-hybridized carbons (Fsp3) is 0.412. The summed E-state index contributed by atoms with van der Waals surface area (Å²) in [4.78, 5) is 25.7. The van der Waals surface area contributed by atoms with Gasteiger partial charge in [0.05, 0.1) is 0 Å². The van der Waals surface area contributed by atoms with Gasteiger partial charge in [0.25, 0.3) is 0 Å². The van der Waals surface area contributed by atoms with Crippen LogP contribution in [0.4, 0.5) is 0 Å². The van der Waals surface area contributed by atoms with Gasteiger partial charge in [-0.1, -0.05) is 0 Å². The Morgan fingerprint density at radius 2 is 1.88 bits per heavy atom. The van der Waals surface area contributed by atoms with E-state index in [2.05, 4.69) is 17.1 Å². The number of fused-ring (bicyclic) bond motifs is 1. The molecule has 5 atom stereocenters. The minimum atomic E-state index is -0.790. The number of hydrogen-bond acceptors (Lipinski definition) is 6. The van der Waals surface area contributed by atoms with Crippen molar-refractivity contribution in [2.45, 2.75) is 36.3 Å². The molecule has 2 saturated heterocycles. The van der Waals surface area contributed by atoms with Crippen LogP contribution in [0.25, 0.3) is 0 Å². The van der Waals surface area contributed by atoms with Gasteiger partial charge in [-0.2, -0.15) is 0 Å². The molecule has 0 bridgehead atoms. The fourth-order valence-corrected chi connectivity index (χ4v) is 5.14. The predicted molar refractivity (Wildman–Crippen MR) is 92.4 cm³/mol. The van der Waals surface area contributed by atoms with E-state index in [1.807, 2.05) is 18.2 Å². The molecule has 0 saturated carbocycles. The summed E-state index contributed by atoms with van der Waals surface area (Å²) in [5.41, 5.74) is -0.997. The van der Waals surface area contributed by atoms with E-state index in [4.69, 9.17) is 18.9 Å². The van der Waals surface area contributed by atoms with E-state index < -0.39 is 30.1 Å². The molecule has 138 valence electrons. The van der Waals surface area contributed by atoms with E-state index in [-0.39, 0.29) is 27.2 Å². The Hall–Kier alpha value is -1.74. The topological polar surface area (TPSA) is 91.8 Å². The van der Waals surface area contributed by atoms with Gasteiger partial charge < -0.3 is 0 Å². The number of hydrogen-bond donors (Lipinski definition) is 1. The molecule has 0 radical (unpaired) electrons. The molecule has 1 N–H and O–H groups in total. The van der Waals surface area contributed by atoms with Gasteiger partial charge >= 0.3 is 155 Å². The normalized spacial score (nSPS) is 30.4. The van der Waals surface area contributed by atoms with Crippen molar-refractivity contribution in [3.05, 3.63) is 63.4 Å². The Kier molecular flexibility index (Phi) is 5.08. The molecule has 2 aliphatic rings. The second kappa shape index (κ2) is 7.48. The van der Waals surface area contributed by atoms with Crippen LogP contribution in [0.3, 0.4) is 0 Å². The molecule has 0 amide bonds. The van der Waals surface area contributed by atoms with Gasteiger partial charge in [-0.3, -0.25) is 0 Å². The van der Waals surface area contributed by atoms with Gasteiger partial charge in [0.1, 0.15) is 0 Å². The number of benzene rings is 1. The average Bonchev–Trinajstić information content (AvgIpc) is 3.20. The second-order valence-electron chi connectivity index (χ2n) is 5.93. The minimum absolute atomic E-state index is 0.190. The van der Waals surface area contributed by atoms with Gasteiger partial charge in [-0.05, 0) is 0 Å². The Morgan fingerprint density at radius 1 is 1.12 bits per heavy atom. The Labute approximate surface area is 155 Å². The summed E-state index contributed by atoms with van der Waals surface area (Å²) >= 11 is 0.190. The fourth-order valence-electron chi connectivity index (χ4n) is 3.10. The van der Waals surface area contributed by atoms with Crippen LogP contribution in [-0.4, -0.2) is 56.4 Å². The van der Waals surface area contributed by atoms with Crippen molar-refractivity contribution in [1.29, 1.82) is 0 Å². The van der Waals surface area contributed by atoms with E-state index in [0.29, 0.717) is 0 Å². The molecule has 1 unspecified atom stereocenters. The third kappa shape index (κ3) is 3.42. The molecule has 1 aromatic heterocycles. The van der Waals surface area contributed by atoms with Gasteiger partial charge in [-0.25, -0.2) is 0 Å². The van der Waals surface area contributed by atoms with Crippen molar-refractivity contribution in [3.63, 3.8) is 0 Å². The van der Waals surface area contributed by atoms with Crippen molar-refractivity contribution in [2.24, 2.45) is 0 Å². The first kappa shape index (κ1) is 17.7. The molecule has 8 nitrogen and oxygen atoms in total. The zero-order valence-electron chi connectivity index (χ0n) is 13.9. The summed E-state index contributed by atoms with van der Waals surface area (Å²) in [5, 5.41) is 0.770. The van der Waals surface area contributed by atoms with E-state index in [1.165, 1.54) is 28.4 Å². The number of aromatic nitrogens is 2.